The molecular weight excluding hydrogens is 573 g/mol. The number of aliphatic hydroxyl groups is 1. The van der Waals surface area contributed by atoms with Crippen LogP contribution >= 0.6 is 23.7 Å². The molecule has 200 valence electrons. The number of H-pyrrole nitrogens is 1. The van der Waals surface area contributed by atoms with E-state index in [1.165, 1.54) is 26.3 Å². The van der Waals surface area contributed by atoms with Crippen LogP contribution in [0.2, 0.25) is 0 Å². The minimum absolute atomic E-state index is 0.000268. The second kappa shape index (κ2) is 13.1. The molecule has 3 rings (SSSR count). The van der Waals surface area contributed by atoms with E-state index < -0.39 is 56.0 Å². The molecule has 0 amide bonds. The fourth-order valence-electron chi connectivity index (χ4n) is 3.42. The molecule has 0 bridgehead atoms. The van der Waals surface area contributed by atoms with Crippen molar-refractivity contribution in [3.63, 3.8) is 0 Å². The first-order chi connectivity index (χ1) is 17.7. The van der Waals surface area contributed by atoms with Gasteiger partial charge in [0.2, 0.25) is 0 Å². The minimum Gasteiger partial charge on any atom is -0.468 e. The van der Waals surface area contributed by atoms with Gasteiger partial charge in [-0.05, 0) is 30.1 Å². The maximum Gasteiger partial charge on any atom is 0.459 e. The third kappa shape index (κ3) is 7.84. The number of rotatable bonds is 11. The van der Waals surface area contributed by atoms with Crippen molar-refractivity contribution >= 4 is 35.7 Å². The molecular formula is C23H27BrN3O9P. The van der Waals surface area contributed by atoms with E-state index in [1.54, 1.807) is 47.5 Å². The Bertz CT molecular complexity index is 1290. The number of aliphatic hydroxyl groups excluding tert-OH is 1. The molecule has 1 saturated heterocycles. The number of hydrogen-bond donors (Lipinski definition) is 3. The maximum absolute atomic E-state index is 13.5. The third-order valence-electron chi connectivity index (χ3n) is 5.25. The number of nitrogens with one attached hydrogen (secondary N) is 2. The molecule has 0 spiro atoms. The third-order valence-corrected chi connectivity index (χ3v) is 7.20. The lowest BCUT2D eigenvalue weighted by atomic mass is 10.2. The molecule has 2 heterocycles. The summed E-state index contributed by atoms with van der Waals surface area (Å²) in [5, 5.41) is 13.1. The lowest BCUT2D eigenvalue weighted by Crippen LogP contribution is -2.36. The molecule has 5 atom stereocenters. The summed E-state index contributed by atoms with van der Waals surface area (Å²) in [6.45, 7) is 1.03. The standard InChI is InChI=1S/C23H27BrN3O9P/c1-15(22(30)33-2)26-37(32,36-17-9-4-3-5-10-17)34-14-19-18(28)12-20(35-19)27-13-16(8-6-7-11-24)21(29)25-23(27)31/h3-11,13,15,18-20,28H,12,14H2,1-2H3,(H,26,32)(H,25,29,31)/b8-6+,11-7+/t15-,18-,19+,20+,37?/m0/s1. The molecule has 3 N–H and O–H groups in total. The van der Waals surface area contributed by atoms with Gasteiger partial charge in [-0.25, -0.2) is 9.36 Å². The van der Waals surface area contributed by atoms with E-state index in [0.717, 1.165) is 4.57 Å². The Morgan fingerprint density at radius 1 is 1.35 bits per heavy atom. The van der Waals surface area contributed by atoms with Gasteiger partial charge in [-0.15, -0.1) is 0 Å². The second-order valence-electron chi connectivity index (χ2n) is 7.93. The number of nitrogens with zero attached hydrogens (tertiary/aromatic N) is 1. The highest BCUT2D eigenvalue weighted by Gasteiger charge is 2.39. The van der Waals surface area contributed by atoms with E-state index in [9.17, 15) is 24.1 Å². The van der Waals surface area contributed by atoms with Crippen molar-refractivity contribution in [3.05, 3.63) is 80.1 Å². The smallest absolute Gasteiger partial charge is 0.459 e. The van der Waals surface area contributed by atoms with Crippen LogP contribution in [0.1, 0.15) is 25.1 Å². The van der Waals surface area contributed by atoms with Gasteiger partial charge >= 0.3 is 19.4 Å². The molecule has 37 heavy (non-hydrogen) atoms. The molecule has 2 aromatic rings. The van der Waals surface area contributed by atoms with Gasteiger partial charge in [0.15, 0.2) is 0 Å². The number of methoxy groups -OCH3 is 1. The fourth-order valence-corrected chi connectivity index (χ4v) is 5.10. The Morgan fingerprint density at radius 2 is 2.08 bits per heavy atom. The highest BCUT2D eigenvalue weighted by Crippen LogP contribution is 2.45. The van der Waals surface area contributed by atoms with E-state index in [2.05, 4.69) is 30.7 Å². The van der Waals surface area contributed by atoms with Crippen LogP contribution in [-0.4, -0.2) is 52.6 Å². The van der Waals surface area contributed by atoms with Crippen molar-refractivity contribution in [1.82, 2.24) is 14.6 Å². The van der Waals surface area contributed by atoms with Gasteiger partial charge in [0.05, 0.1) is 25.4 Å². The Morgan fingerprint density at radius 3 is 2.76 bits per heavy atom. The fraction of sp³-hybridized carbons (Fsp3) is 0.348. The Balaban J connectivity index is 1.76. The normalized spacial score (nSPS) is 22.2. The number of halogens is 1. The summed E-state index contributed by atoms with van der Waals surface area (Å²) in [5.74, 6) is -0.470. The SMILES string of the molecule is COC(=O)[C@H](C)NP(=O)(OC[C@H]1O[C@@H](n2cc(/C=C/C=C/Br)c(=O)[nH]c2=O)C[C@@H]1O)Oc1ccccc1. The minimum atomic E-state index is -4.15. The van der Waals surface area contributed by atoms with Gasteiger partial charge in [0, 0.05) is 12.6 Å². The molecule has 1 fully saturated rings. The van der Waals surface area contributed by atoms with Crippen LogP contribution in [0.3, 0.4) is 0 Å². The van der Waals surface area contributed by atoms with E-state index in [-0.39, 0.29) is 17.7 Å². The van der Waals surface area contributed by atoms with Crippen LogP contribution in [0.25, 0.3) is 6.08 Å². The summed E-state index contributed by atoms with van der Waals surface area (Å²) in [7, 11) is -2.97. The van der Waals surface area contributed by atoms with Gasteiger partial charge < -0.3 is 19.1 Å². The number of aromatic nitrogens is 2. The monoisotopic (exact) mass is 599 g/mol. The highest BCUT2D eigenvalue weighted by molar-refractivity contribution is 9.11. The number of aromatic amines is 1. The molecule has 0 saturated carbocycles. The Hall–Kier alpha value is -2.80. The van der Waals surface area contributed by atoms with E-state index in [4.69, 9.17) is 13.8 Å². The summed E-state index contributed by atoms with van der Waals surface area (Å²) >= 11 is 3.12. The van der Waals surface area contributed by atoms with Crippen molar-refractivity contribution < 1.29 is 33.0 Å². The van der Waals surface area contributed by atoms with Crippen molar-refractivity contribution in [2.24, 2.45) is 0 Å². The zero-order chi connectivity index (χ0) is 27.0. The number of carbonyl (C=O) groups is 1. The van der Waals surface area contributed by atoms with Crippen molar-refractivity contribution in [2.45, 2.75) is 37.8 Å². The van der Waals surface area contributed by atoms with Crippen LogP contribution in [0.4, 0.5) is 0 Å². The summed E-state index contributed by atoms with van der Waals surface area (Å²) in [4.78, 5) is 40.2. The lowest BCUT2D eigenvalue weighted by molar-refractivity contribution is -0.142. The zero-order valence-electron chi connectivity index (χ0n) is 20.0. The van der Waals surface area contributed by atoms with Gasteiger partial charge in [0.25, 0.3) is 5.56 Å². The van der Waals surface area contributed by atoms with Crippen LogP contribution in [-0.2, 0) is 23.4 Å². The first-order valence-corrected chi connectivity index (χ1v) is 13.6. The molecule has 1 unspecified atom stereocenters. The number of allylic oxidation sites excluding steroid dienone is 2. The van der Waals surface area contributed by atoms with Gasteiger partial charge in [0.1, 0.15) is 24.1 Å². The first kappa shape index (κ1) is 28.8. The maximum atomic E-state index is 13.5. The molecule has 1 aromatic carbocycles. The summed E-state index contributed by atoms with van der Waals surface area (Å²) < 4.78 is 36.2. The number of carbonyl (C=O) groups excluding carboxylic acids is 1. The zero-order valence-corrected chi connectivity index (χ0v) is 22.5. The van der Waals surface area contributed by atoms with Crippen LogP contribution < -0.4 is 20.9 Å². The number of hydrogen-bond acceptors (Lipinski definition) is 9. The van der Waals surface area contributed by atoms with E-state index >= 15 is 0 Å². The number of esters is 1. The van der Waals surface area contributed by atoms with Gasteiger partial charge in [-0.3, -0.25) is 23.7 Å². The quantitative estimate of drug-likeness (QED) is 0.199. The van der Waals surface area contributed by atoms with Gasteiger partial charge in [-0.1, -0.05) is 46.3 Å². The Labute approximate surface area is 220 Å². The average molecular weight is 600 g/mol. The molecule has 1 aliphatic heterocycles. The number of para-hydroxylation sites is 1. The molecule has 0 aliphatic carbocycles. The van der Waals surface area contributed by atoms with Crippen LogP contribution in [0.15, 0.2) is 63.3 Å². The predicted octanol–water partition coefficient (Wildman–Crippen LogP) is 2.46. The lowest BCUT2D eigenvalue weighted by Gasteiger charge is -2.24. The van der Waals surface area contributed by atoms with Crippen LogP contribution in [0, 0.1) is 0 Å². The largest absolute Gasteiger partial charge is 0.468 e. The molecule has 1 aliphatic rings. The number of ether oxygens (including phenoxy) is 2. The van der Waals surface area contributed by atoms with Gasteiger partial charge in [-0.2, -0.15) is 5.09 Å². The second-order valence-corrected chi connectivity index (χ2v) is 10.2. The van der Waals surface area contributed by atoms with Crippen molar-refractivity contribution in [2.75, 3.05) is 13.7 Å². The summed E-state index contributed by atoms with van der Waals surface area (Å²) in [6.07, 6.45) is 3.05. The Kier molecular flexibility index (Phi) is 10.2. The molecule has 0 radical (unpaired) electrons. The molecule has 14 heteroatoms. The van der Waals surface area contributed by atoms with Crippen molar-refractivity contribution in [1.29, 1.82) is 0 Å². The predicted molar refractivity (Wildman–Crippen MR) is 138 cm³/mol. The summed E-state index contributed by atoms with van der Waals surface area (Å²) in [5.41, 5.74) is -1.10. The van der Waals surface area contributed by atoms with E-state index in [1.807, 2.05) is 0 Å². The topological polar surface area (TPSA) is 158 Å². The van der Waals surface area contributed by atoms with Crippen LogP contribution in [0.5, 0.6) is 5.75 Å². The molecule has 12 nitrogen and oxygen atoms in total. The summed E-state index contributed by atoms with van der Waals surface area (Å²) in [6, 6.07) is 7.15. The number of benzene rings is 1. The first-order valence-electron chi connectivity index (χ1n) is 11.1. The molecule has 1 aromatic heterocycles. The average Bonchev–Trinajstić information content (AvgIpc) is 3.24. The van der Waals surface area contributed by atoms with E-state index in [0.29, 0.717) is 0 Å². The highest BCUT2D eigenvalue weighted by atomic mass is 79.9. The van der Waals surface area contributed by atoms with Crippen molar-refractivity contribution in [3.8, 4) is 5.75 Å².